The van der Waals surface area contributed by atoms with Gasteiger partial charge in [0, 0.05) is 11.3 Å². The van der Waals surface area contributed by atoms with Crippen molar-refractivity contribution in [1.29, 1.82) is 0 Å². The van der Waals surface area contributed by atoms with Crippen LogP contribution in [0.5, 0.6) is 5.75 Å². The van der Waals surface area contributed by atoms with Gasteiger partial charge in [0.2, 0.25) is 0 Å². The van der Waals surface area contributed by atoms with E-state index < -0.39 is 0 Å². The number of para-hydroxylation sites is 1. The van der Waals surface area contributed by atoms with E-state index in [0.717, 1.165) is 17.7 Å². The van der Waals surface area contributed by atoms with Crippen LogP contribution in [-0.2, 0) is 11.2 Å². The van der Waals surface area contributed by atoms with Crippen LogP contribution < -0.4 is 10.1 Å². The molecule has 0 aromatic heterocycles. The molecule has 0 saturated heterocycles. The van der Waals surface area contributed by atoms with E-state index in [2.05, 4.69) is 5.32 Å². The third kappa shape index (κ3) is 4.19. The van der Waals surface area contributed by atoms with Crippen LogP contribution in [0, 0.1) is 0 Å². The zero-order valence-corrected chi connectivity index (χ0v) is 12.8. The van der Waals surface area contributed by atoms with Crippen molar-refractivity contribution in [3.8, 4) is 5.75 Å². The summed E-state index contributed by atoms with van der Waals surface area (Å²) in [5.74, 6) is 0.348. The van der Waals surface area contributed by atoms with Gasteiger partial charge in [-0.15, -0.1) is 0 Å². The summed E-state index contributed by atoms with van der Waals surface area (Å²) < 4.78 is 5.42. The van der Waals surface area contributed by atoms with Crippen LogP contribution in [0.1, 0.15) is 29.8 Å². The Morgan fingerprint density at radius 1 is 1.05 bits per heavy atom. The van der Waals surface area contributed by atoms with Crippen molar-refractivity contribution in [1.82, 2.24) is 0 Å². The van der Waals surface area contributed by atoms with Crippen LogP contribution in [-0.4, -0.2) is 18.3 Å². The first kappa shape index (κ1) is 15.8. The molecule has 1 N–H and O–H groups in total. The summed E-state index contributed by atoms with van der Waals surface area (Å²) in [5.41, 5.74) is 2.51. The van der Waals surface area contributed by atoms with Crippen LogP contribution in [0.15, 0.2) is 48.5 Å². The lowest BCUT2D eigenvalue weighted by molar-refractivity contribution is -0.118. The molecule has 0 saturated carbocycles. The highest BCUT2D eigenvalue weighted by atomic mass is 16.5. The predicted molar refractivity (Wildman–Crippen MR) is 86.4 cm³/mol. The standard InChI is InChI=1S/C18H19NO3/c1-3-14-6-4-5-7-17(14)19-18(21)12-22-16-10-8-15(9-11-16)13(2)20/h4-11H,3,12H2,1-2H3,(H,19,21). The maximum Gasteiger partial charge on any atom is 0.262 e. The molecule has 2 rings (SSSR count). The van der Waals surface area contributed by atoms with Gasteiger partial charge in [-0.05, 0) is 49.2 Å². The van der Waals surface area contributed by atoms with E-state index in [1.807, 2.05) is 31.2 Å². The van der Waals surface area contributed by atoms with Gasteiger partial charge in [0.25, 0.3) is 5.91 Å². The van der Waals surface area contributed by atoms with E-state index in [4.69, 9.17) is 4.74 Å². The molecule has 114 valence electrons. The minimum absolute atomic E-state index is 0.000431. The molecule has 0 aliphatic rings. The summed E-state index contributed by atoms with van der Waals surface area (Å²) in [4.78, 5) is 23.1. The maximum atomic E-state index is 11.9. The molecule has 0 atom stereocenters. The van der Waals surface area contributed by atoms with Gasteiger partial charge in [-0.2, -0.15) is 0 Å². The number of carbonyl (C=O) groups excluding carboxylic acids is 2. The normalized spacial score (nSPS) is 10.1. The molecule has 1 amide bonds. The molecular formula is C18H19NO3. The number of hydrogen-bond donors (Lipinski definition) is 1. The molecule has 4 heteroatoms. The molecule has 0 spiro atoms. The predicted octanol–water partition coefficient (Wildman–Crippen LogP) is 3.47. The number of benzene rings is 2. The Bertz CT molecular complexity index is 662. The number of nitrogens with one attached hydrogen (secondary N) is 1. The van der Waals surface area contributed by atoms with Gasteiger partial charge in [-0.1, -0.05) is 25.1 Å². The number of hydrogen-bond acceptors (Lipinski definition) is 3. The summed E-state index contributed by atoms with van der Waals surface area (Å²) >= 11 is 0. The van der Waals surface area contributed by atoms with Crippen molar-refractivity contribution in [2.45, 2.75) is 20.3 Å². The lowest BCUT2D eigenvalue weighted by Gasteiger charge is -2.10. The fourth-order valence-electron chi connectivity index (χ4n) is 2.07. The molecule has 2 aromatic rings. The molecule has 0 aliphatic heterocycles. The van der Waals surface area contributed by atoms with Crippen LogP contribution >= 0.6 is 0 Å². The lowest BCUT2D eigenvalue weighted by Crippen LogP contribution is -2.20. The van der Waals surface area contributed by atoms with Gasteiger partial charge in [0.15, 0.2) is 12.4 Å². The first-order chi connectivity index (χ1) is 10.6. The van der Waals surface area contributed by atoms with Gasteiger partial charge in [-0.3, -0.25) is 9.59 Å². The zero-order chi connectivity index (χ0) is 15.9. The Hall–Kier alpha value is -2.62. The number of Topliss-reactive ketones (excluding diaryl/α,β-unsaturated/α-hetero) is 1. The third-order valence-electron chi connectivity index (χ3n) is 3.30. The Morgan fingerprint density at radius 2 is 1.73 bits per heavy atom. The lowest BCUT2D eigenvalue weighted by atomic mass is 10.1. The highest BCUT2D eigenvalue weighted by Gasteiger charge is 2.07. The monoisotopic (exact) mass is 297 g/mol. The average molecular weight is 297 g/mol. The summed E-state index contributed by atoms with van der Waals surface area (Å²) in [6.45, 7) is 3.48. The van der Waals surface area contributed by atoms with Crippen molar-refractivity contribution < 1.29 is 14.3 Å². The second-order valence-corrected chi connectivity index (χ2v) is 4.93. The fraction of sp³-hybridized carbons (Fsp3) is 0.222. The van der Waals surface area contributed by atoms with Crippen LogP contribution in [0.2, 0.25) is 0 Å². The highest BCUT2D eigenvalue weighted by molar-refractivity contribution is 5.94. The van der Waals surface area contributed by atoms with Crippen LogP contribution in [0.25, 0.3) is 0 Å². The van der Waals surface area contributed by atoms with Gasteiger partial charge in [0.05, 0.1) is 0 Å². The van der Waals surface area contributed by atoms with Gasteiger partial charge in [0.1, 0.15) is 5.75 Å². The molecule has 22 heavy (non-hydrogen) atoms. The van der Waals surface area contributed by atoms with Crippen molar-refractivity contribution >= 4 is 17.4 Å². The summed E-state index contributed by atoms with van der Waals surface area (Å²) in [6, 6.07) is 14.4. The molecule has 0 radical (unpaired) electrons. The maximum absolute atomic E-state index is 11.9. The fourth-order valence-corrected chi connectivity index (χ4v) is 2.07. The molecule has 0 bridgehead atoms. The Labute approximate surface area is 130 Å². The Morgan fingerprint density at radius 3 is 2.36 bits per heavy atom. The molecular weight excluding hydrogens is 278 g/mol. The number of rotatable bonds is 6. The molecule has 0 heterocycles. The molecule has 0 unspecified atom stereocenters. The van der Waals surface area contributed by atoms with Crippen molar-refractivity contribution in [3.05, 3.63) is 59.7 Å². The number of anilines is 1. The Balaban J connectivity index is 1.91. The van der Waals surface area contributed by atoms with E-state index in [1.54, 1.807) is 24.3 Å². The molecule has 0 fully saturated rings. The smallest absolute Gasteiger partial charge is 0.262 e. The topological polar surface area (TPSA) is 55.4 Å². The molecule has 4 nitrogen and oxygen atoms in total. The molecule has 2 aromatic carbocycles. The van der Waals surface area contributed by atoms with E-state index in [-0.39, 0.29) is 18.3 Å². The first-order valence-electron chi connectivity index (χ1n) is 7.21. The van der Waals surface area contributed by atoms with Gasteiger partial charge >= 0.3 is 0 Å². The van der Waals surface area contributed by atoms with Crippen molar-refractivity contribution in [2.75, 3.05) is 11.9 Å². The van der Waals surface area contributed by atoms with Crippen LogP contribution in [0.3, 0.4) is 0 Å². The van der Waals surface area contributed by atoms with Gasteiger partial charge in [-0.25, -0.2) is 0 Å². The third-order valence-corrected chi connectivity index (χ3v) is 3.30. The van der Waals surface area contributed by atoms with Gasteiger partial charge < -0.3 is 10.1 Å². The summed E-state index contributed by atoms with van der Waals surface area (Å²) in [7, 11) is 0. The van der Waals surface area contributed by atoms with Crippen molar-refractivity contribution in [3.63, 3.8) is 0 Å². The summed E-state index contributed by atoms with van der Waals surface area (Å²) in [5, 5.41) is 2.84. The number of ether oxygens (including phenoxy) is 1. The second-order valence-electron chi connectivity index (χ2n) is 4.93. The minimum atomic E-state index is -0.212. The second kappa shape index (κ2) is 7.41. The zero-order valence-electron chi connectivity index (χ0n) is 12.8. The van der Waals surface area contributed by atoms with E-state index in [9.17, 15) is 9.59 Å². The highest BCUT2D eigenvalue weighted by Crippen LogP contribution is 2.16. The largest absolute Gasteiger partial charge is 0.484 e. The number of ketones is 1. The number of aryl methyl sites for hydroxylation is 1. The number of carbonyl (C=O) groups is 2. The summed E-state index contributed by atoms with van der Waals surface area (Å²) in [6.07, 6.45) is 0.851. The number of amides is 1. The minimum Gasteiger partial charge on any atom is -0.484 e. The first-order valence-corrected chi connectivity index (χ1v) is 7.21. The average Bonchev–Trinajstić information content (AvgIpc) is 2.54. The molecule has 0 aliphatic carbocycles. The van der Waals surface area contributed by atoms with Crippen molar-refractivity contribution in [2.24, 2.45) is 0 Å². The van der Waals surface area contributed by atoms with Crippen LogP contribution in [0.4, 0.5) is 5.69 Å². The SMILES string of the molecule is CCc1ccccc1NC(=O)COc1ccc(C(C)=O)cc1. The van der Waals surface area contributed by atoms with E-state index in [0.29, 0.717) is 11.3 Å². The quantitative estimate of drug-likeness (QED) is 0.831. The van der Waals surface area contributed by atoms with E-state index >= 15 is 0 Å². The Kier molecular flexibility index (Phi) is 5.31. The van der Waals surface area contributed by atoms with E-state index in [1.165, 1.54) is 6.92 Å².